The van der Waals surface area contributed by atoms with E-state index in [2.05, 4.69) is 23.1 Å². The Balaban J connectivity index is 2.55. The van der Waals surface area contributed by atoms with E-state index in [0.29, 0.717) is 30.2 Å². The number of allylic oxidation sites excluding steroid dienone is 1. The molecular formula is C19H32N8O2. The van der Waals surface area contributed by atoms with Gasteiger partial charge in [-0.25, -0.2) is 21.0 Å². The van der Waals surface area contributed by atoms with Gasteiger partial charge in [0.2, 0.25) is 5.79 Å². The van der Waals surface area contributed by atoms with E-state index in [1.165, 1.54) is 6.07 Å². The number of hydrogen-bond donors (Lipinski definition) is 4. The number of aliphatic imine (C=N–C) groups is 1. The molecular weight excluding hydrogens is 372 g/mol. The Kier molecular flexibility index (Phi) is 7.54. The van der Waals surface area contributed by atoms with Gasteiger partial charge in [-0.2, -0.15) is 0 Å². The van der Waals surface area contributed by atoms with Crippen LogP contribution in [0, 0.1) is 10.1 Å². The van der Waals surface area contributed by atoms with Gasteiger partial charge in [-0.1, -0.05) is 33.3 Å². The van der Waals surface area contributed by atoms with Crippen LogP contribution in [-0.4, -0.2) is 43.1 Å². The highest BCUT2D eigenvalue weighted by Gasteiger charge is 2.34. The molecule has 10 heteroatoms. The van der Waals surface area contributed by atoms with E-state index in [-0.39, 0.29) is 5.69 Å². The fourth-order valence-corrected chi connectivity index (χ4v) is 3.15. The normalized spacial score (nSPS) is 18.6. The van der Waals surface area contributed by atoms with Crippen molar-refractivity contribution in [3.8, 4) is 0 Å². The molecule has 0 bridgehead atoms. The maximum Gasteiger partial charge on any atom is 0.292 e. The standard InChI is InChI=1S/C19H32N8O2/c1-6-9-15-13-18(26(21-7-2)22-8-3)24-19(20,23-15)14-10-11-16(25(4)5)17(12-14)27(28)29/h10-13,21-23H,6-9,20H2,1-5H3. The first kappa shape index (κ1) is 22.6. The summed E-state index contributed by atoms with van der Waals surface area (Å²) >= 11 is 0. The highest BCUT2D eigenvalue weighted by Crippen LogP contribution is 2.32. The average Bonchev–Trinajstić information content (AvgIpc) is 2.67. The van der Waals surface area contributed by atoms with Gasteiger partial charge in [-0.05, 0) is 12.5 Å². The molecule has 0 fully saturated rings. The maximum atomic E-state index is 11.6. The second-order valence-corrected chi connectivity index (χ2v) is 6.99. The van der Waals surface area contributed by atoms with Crippen LogP contribution in [0.2, 0.25) is 0 Å². The number of nitro benzene ring substituents is 1. The zero-order valence-corrected chi connectivity index (χ0v) is 17.8. The molecule has 10 nitrogen and oxygen atoms in total. The highest BCUT2D eigenvalue weighted by molar-refractivity contribution is 5.94. The van der Waals surface area contributed by atoms with Crippen molar-refractivity contribution < 1.29 is 4.92 Å². The van der Waals surface area contributed by atoms with Crippen LogP contribution in [0.15, 0.2) is 35.0 Å². The van der Waals surface area contributed by atoms with E-state index in [1.54, 1.807) is 36.2 Å². The largest absolute Gasteiger partial charge is 0.372 e. The van der Waals surface area contributed by atoms with Crippen molar-refractivity contribution in [3.05, 3.63) is 45.6 Å². The molecule has 1 unspecified atom stereocenters. The topological polar surface area (TPSA) is 124 Å². The number of benzene rings is 1. The molecule has 0 amide bonds. The van der Waals surface area contributed by atoms with E-state index >= 15 is 0 Å². The smallest absolute Gasteiger partial charge is 0.292 e. The number of nitrogens with one attached hydrogen (secondary N) is 3. The predicted molar refractivity (Wildman–Crippen MR) is 116 cm³/mol. The number of nitrogens with two attached hydrogens (primary N) is 1. The minimum Gasteiger partial charge on any atom is -0.372 e. The first-order chi connectivity index (χ1) is 13.8. The van der Waals surface area contributed by atoms with E-state index in [9.17, 15) is 10.1 Å². The molecule has 1 atom stereocenters. The summed E-state index contributed by atoms with van der Waals surface area (Å²) in [5, 5.41) is 16.6. The average molecular weight is 405 g/mol. The summed E-state index contributed by atoms with van der Waals surface area (Å²) in [6.45, 7) is 7.44. The van der Waals surface area contributed by atoms with Gasteiger partial charge in [0.05, 0.1) is 4.92 Å². The van der Waals surface area contributed by atoms with Crippen LogP contribution in [0.1, 0.15) is 39.2 Å². The van der Waals surface area contributed by atoms with Gasteiger partial charge in [0, 0.05) is 50.6 Å². The van der Waals surface area contributed by atoms with Crippen molar-refractivity contribution in [3.63, 3.8) is 0 Å². The maximum absolute atomic E-state index is 11.6. The third kappa shape index (κ3) is 5.22. The summed E-state index contributed by atoms with van der Waals surface area (Å²) in [4.78, 5) is 17.6. The van der Waals surface area contributed by atoms with Crippen molar-refractivity contribution in [2.24, 2.45) is 10.7 Å². The minimum absolute atomic E-state index is 0.0160. The van der Waals surface area contributed by atoms with Crippen LogP contribution < -0.4 is 26.8 Å². The Morgan fingerprint density at radius 3 is 2.41 bits per heavy atom. The number of rotatable bonds is 9. The molecule has 0 saturated heterocycles. The number of hydrogen-bond acceptors (Lipinski definition) is 9. The molecule has 0 spiro atoms. The lowest BCUT2D eigenvalue weighted by molar-refractivity contribution is -0.384. The SMILES string of the molecule is CCCC1=CC(N(NCC)NCC)=NC(N)(c2ccc(N(C)C)c([N+](=O)[O-])c2)N1. The minimum atomic E-state index is -1.33. The number of nitrogens with zero attached hydrogens (tertiary/aromatic N) is 4. The second-order valence-electron chi connectivity index (χ2n) is 6.99. The number of anilines is 1. The van der Waals surface area contributed by atoms with Gasteiger partial charge in [0.25, 0.3) is 5.69 Å². The quantitative estimate of drug-likeness (QED) is 0.363. The lowest BCUT2D eigenvalue weighted by Gasteiger charge is -2.36. The third-order valence-corrected chi connectivity index (χ3v) is 4.42. The van der Waals surface area contributed by atoms with E-state index in [0.717, 1.165) is 18.5 Å². The number of hydrazine groups is 2. The zero-order chi connectivity index (χ0) is 21.6. The van der Waals surface area contributed by atoms with Gasteiger partial charge in [-0.3, -0.25) is 15.8 Å². The van der Waals surface area contributed by atoms with Crippen LogP contribution in [0.25, 0.3) is 0 Å². The molecule has 1 aromatic carbocycles. The Hall–Kier alpha value is -2.69. The Labute approximate surface area is 171 Å². The molecule has 5 N–H and O–H groups in total. The Bertz CT molecular complexity index is 786. The van der Waals surface area contributed by atoms with Crippen LogP contribution in [0.3, 0.4) is 0 Å². The third-order valence-electron chi connectivity index (χ3n) is 4.42. The summed E-state index contributed by atoms with van der Waals surface area (Å²) in [6.07, 6.45) is 3.63. The molecule has 1 aliphatic heterocycles. The molecule has 0 saturated carbocycles. The predicted octanol–water partition coefficient (Wildman–Crippen LogP) is 1.77. The molecule has 160 valence electrons. The van der Waals surface area contributed by atoms with E-state index in [4.69, 9.17) is 10.7 Å². The second kappa shape index (κ2) is 9.68. The Morgan fingerprint density at radius 1 is 1.24 bits per heavy atom. The summed E-state index contributed by atoms with van der Waals surface area (Å²) in [5.41, 5.74) is 15.0. The molecule has 0 aromatic heterocycles. The first-order valence-electron chi connectivity index (χ1n) is 9.86. The summed E-state index contributed by atoms with van der Waals surface area (Å²) in [5.74, 6) is -0.717. The molecule has 1 heterocycles. The monoisotopic (exact) mass is 404 g/mol. The van der Waals surface area contributed by atoms with Crippen LogP contribution in [-0.2, 0) is 5.79 Å². The number of amidine groups is 1. The van der Waals surface area contributed by atoms with Gasteiger partial charge in [-0.15, -0.1) is 0 Å². The molecule has 29 heavy (non-hydrogen) atoms. The zero-order valence-electron chi connectivity index (χ0n) is 17.8. The van der Waals surface area contributed by atoms with Gasteiger partial charge < -0.3 is 10.2 Å². The highest BCUT2D eigenvalue weighted by atomic mass is 16.6. The lowest BCUT2D eigenvalue weighted by Crippen LogP contribution is -2.57. The van der Waals surface area contributed by atoms with Crippen molar-refractivity contribution in [2.45, 2.75) is 39.4 Å². The van der Waals surface area contributed by atoms with Crippen LogP contribution >= 0.6 is 0 Å². The van der Waals surface area contributed by atoms with Crippen LogP contribution in [0.4, 0.5) is 11.4 Å². The van der Waals surface area contributed by atoms with Crippen LogP contribution in [0.5, 0.6) is 0 Å². The lowest BCUT2D eigenvalue weighted by atomic mass is 10.0. The van der Waals surface area contributed by atoms with Crippen molar-refractivity contribution in [1.82, 2.24) is 21.3 Å². The fourth-order valence-electron chi connectivity index (χ4n) is 3.15. The van der Waals surface area contributed by atoms with Crippen molar-refractivity contribution >= 4 is 17.2 Å². The molecule has 1 aromatic rings. The molecule has 0 radical (unpaired) electrons. The first-order valence-corrected chi connectivity index (χ1v) is 9.86. The Morgan fingerprint density at radius 2 is 1.90 bits per heavy atom. The number of nitro groups is 1. The molecule has 1 aliphatic rings. The van der Waals surface area contributed by atoms with Gasteiger partial charge in [0.15, 0.2) is 5.84 Å². The summed E-state index contributed by atoms with van der Waals surface area (Å²) in [6, 6.07) is 4.96. The fraction of sp³-hybridized carbons (Fsp3) is 0.526. The van der Waals surface area contributed by atoms with Crippen molar-refractivity contribution in [1.29, 1.82) is 0 Å². The van der Waals surface area contributed by atoms with E-state index < -0.39 is 10.7 Å². The molecule has 0 aliphatic carbocycles. The summed E-state index contributed by atoms with van der Waals surface area (Å²) in [7, 11) is 3.53. The summed E-state index contributed by atoms with van der Waals surface area (Å²) < 4.78 is 0. The molecule has 2 rings (SSSR count). The van der Waals surface area contributed by atoms with E-state index in [1.807, 2.05) is 19.9 Å². The van der Waals surface area contributed by atoms with Crippen molar-refractivity contribution in [2.75, 3.05) is 32.1 Å². The van der Waals surface area contributed by atoms with Gasteiger partial charge in [0.1, 0.15) is 5.69 Å². The van der Waals surface area contributed by atoms with Gasteiger partial charge >= 0.3 is 0 Å².